The highest BCUT2D eigenvalue weighted by atomic mass is 16.3. The second-order valence-electron chi connectivity index (χ2n) is 5.00. The van der Waals surface area contributed by atoms with Gasteiger partial charge in [0.15, 0.2) is 0 Å². The van der Waals surface area contributed by atoms with Gasteiger partial charge in [0.2, 0.25) is 5.91 Å². The van der Waals surface area contributed by atoms with Crippen molar-refractivity contribution in [1.82, 2.24) is 14.9 Å². The Bertz CT molecular complexity index is 538. The van der Waals surface area contributed by atoms with Crippen molar-refractivity contribution in [3.8, 4) is 0 Å². The number of aromatic amines is 1. The summed E-state index contributed by atoms with van der Waals surface area (Å²) in [7, 11) is 0. The summed E-state index contributed by atoms with van der Waals surface area (Å²) < 4.78 is 0. The molecule has 0 unspecified atom stereocenters. The predicted octanol–water partition coefficient (Wildman–Crippen LogP) is -0.0875. The number of rotatable bonds is 3. The predicted molar refractivity (Wildman–Crippen MR) is 69.9 cm³/mol. The van der Waals surface area contributed by atoms with Crippen LogP contribution in [-0.2, 0) is 11.2 Å². The van der Waals surface area contributed by atoms with Gasteiger partial charge < -0.3 is 15.0 Å². The van der Waals surface area contributed by atoms with Crippen LogP contribution in [0.4, 0.5) is 0 Å². The average Bonchev–Trinajstić information content (AvgIpc) is 2.74. The van der Waals surface area contributed by atoms with Crippen LogP contribution in [0.3, 0.4) is 0 Å². The van der Waals surface area contributed by atoms with Crippen LogP contribution in [0.2, 0.25) is 0 Å². The zero-order chi connectivity index (χ0) is 14.0. The molecular formula is C13H19N3O3. The first kappa shape index (κ1) is 13.7. The van der Waals surface area contributed by atoms with Crippen LogP contribution in [0.1, 0.15) is 29.9 Å². The lowest BCUT2D eigenvalue weighted by Crippen LogP contribution is -2.30. The van der Waals surface area contributed by atoms with Crippen molar-refractivity contribution in [3.05, 3.63) is 27.4 Å². The van der Waals surface area contributed by atoms with E-state index in [0.717, 1.165) is 0 Å². The molecule has 6 heteroatoms. The summed E-state index contributed by atoms with van der Waals surface area (Å²) in [5.74, 6) is 0.566. The van der Waals surface area contributed by atoms with Crippen molar-refractivity contribution in [1.29, 1.82) is 0 Å². The Hall–Kier alpha value is -1.69. The first-order chi connectivity index (χ1) is 8.97. The van der Waals surface area contributed by atoms with E-state index in [1.165, 1.54) is 0 Å². The molecular weight excluding hydrogens is 246 g/mol. The number of aliphatic hydroxyl groups is 1. The fourth-order valence-corrected chi connectivity index (χ4v) is 2.40. The molecule has 1 saturated heterocycles. The number of carbonyl (C=O) groups is 1. The standard InChI is InChI=1S/C13H19N3O3/c1-8-11(13(19)15-9(2)14-8)3-4-12(18)16-6-5-10(17)7-16/h10,17H,3-7H2,1-2H3,(H,14,15,19)/t10-/m1/s1. The van der Waals surface area contributed by atoms with Gasteiger partial charge in [-0.25, -0.2) is 4.98 Å². The summed E-state index contributed by atoms with van der Waals surface area (Å²) in [6.45, 7) is 4.51. The number of amides is 1. The fourth-order valence-electron chi connectivity index (χ4n) is 2.40. The molecule has 6 nitrogen and oxygen atoms in total. The van der Waals surface area contributed by atoms with Crippen molar-refractivity contribution >= 4 is 5.91 Å². The number of H-pyrrole nitrogens is 1. The molecule has 2 N–H and O–H groups in total. The van der Waals surface area contributed by atoms with Gasteiger partial charge in [-0.1, -0.05) is 0 Å². The van der Waals surface area contributed by atoms with E-state index in [1.54, 1.807) is 18.7 Å². The van der Waals surface area contributed by atoms with Gasteiger partial charge in [0, 0.05) is 30.8 Å². The minimum absolute atomic E-state index is 0.0177. The quantitative estimate of drug-likeness (QED) is 0.800. The Morgan fingerprint density at radius 3 is 2.84 bits per heavy atom. The summed E-state index contributed by atoms with van der Waals surface area (Å²) in [4.78, 5) is 32.2. The van der Waals surface area contributed by atoms with E-state index >= 15 is 0 Å². The molecule has 0 aliphatic carbocycles. The monoisotopic (exact) mass is 265 g/mol. The van der Waals surface area contributed by atoms with Gasteiger partial charge in [0.05, 0.1) is 6.10 Å². The van der Waals surface area contributed by atoms with Crippen LogP contribution in [0.15, 0.2) is 4.79 Å². The largest absolute Gasteiger partial charge is 0.391 e. The minimum Gasteiger partial charge on any atom is -0.391 e. The molecule has 1 amide bonds. The number of aliphatic hydroxyl groups excluding tert-OH is 1. The molecule has 104 valence electrons. The van der Waals surface area contributed by atoms with Gasteiger partial charge >= 0.3 is 0 Å². The van der Waals surface area contributed by atoms with Gasteiger partial charge in [0.1, 0.15) is 5.82 Å². The number of aryl methyl sites for hydroxylation is 2. The summed E-state index contributed by atoms with van der Waals surface area (Å²) in [6, 6.07) is 0. The van der Waals surface area contributed by atoms with E-state index in [9.17, 15) is 14.7 Å². The Morgan fingerprint density at radius 1 is 1.53 bits per heavy atom. The molecule has 19 heavy (non-hydrogen) atoms. The van der Waals surface area contributed by atoms with Gasteiger partial charge in [0.25, 0.3) is 5.56 Å². The highest BCUT2D eigenvalue weighted by molar-refractivity contribution is 5.76. The molecule has 0 aromatic carbocycles. The highest BCUT2D eigenvalue weighted by Crippen LogP contribution is 2.11. The van der Waals surface area contributed by atoms with Crippen LogP contribution >= 0.6 is 0 Å². The van der Waals surface area contributed by atoms with Crippen LogP contribution in [0.5, 0.6) is 0 Å². The smallest absolute Gasteiger partial charge is 0.254 e. The Balaban J connectivity index is 1.99. The normalized spacial score (nSPS) is 18.9. The van der Waals surface area contributed by atoms with Crippen LogP contribution in [0.25, 0.3) is 0 Å². The molecule has 0 saturated carbocycles. The molecule has 0 spiro atoms. The summed E-state index contributed by atoms with van der Waals surface area (Å²) in [5, 5.41) is 9.39. The van der Waals surface area contributed by atoms with E-state index in [1.807, 2.05) is 0 Å². The first-order valence-electron chi connectivity index (χ1n) is 6.49. The maximum Gasteiger partial charge on any atom is 0.254 e. The zero-order valence-electron chi connectivity index (χ0n) is 11.3. The van der Waals surface area contributed by atoms with Crippen LogP contribution in [0, 0.1) is 13.8 Å². The summed E-state index contributed by atoms with van der Waals surface area (Å²) >= 11 is 0. The van der Waals surface area contributed by atoms with Gasteiger partial charge in [-0.2, -0.15) is 0 Å². The third-order valence-electron chi connectivity index (χ3n) is 3.45. The van der Waals surface area contributed by atoms with E-state index in [4.69, 9.17) is 0 Å². The van der Waals surface area contributed by atoms with E-state index in [2.05, 4.69) is 9.97 Å². The summed E-state index contributed by atoms with van der Waals surface area (Å²) in [5.41, 5.74) is 1.08. The van der Waals surface area contributed by atoms with Crippen LogP contribution in [-0.4, -0.2) is 45.1 Å². The Labute approximate surface area is 111 Å². The number of aromatic nitrogens is 2. The fraction of sp³-hybridized carbons (Fsp3) is 0.615. The molecule has 1 aromatic rings. The molecule has 1 aliphatic rings. The number of hydrogen-bond donors (Lipinski definition) is 2. The lowest BCUT2D eigenvalue weighted by atomic mass is 10.1. The lowest BCUT2D eigenvalue weighted by Gasteiger charge is -2.15. The van der Waals surface area contributed by atoms with Crippen molar-refractivity contribution in [2.24, 2.45) is 0 Å². The van der Waals surface area contributed by atoms with E-state index < -0.39 is 6.10 Å². The van der Waals surface area contributed by atoms with Gasteiger partial charge in [-0.3, -0.25) is 9.59 Å². The van der Waals surface area contributed by atoms with Gasteiger partial charge in [-0.15, -0.1) is 0 Å². The molecule has 2 heterocycles. The molecule has 0 radical (unpaired) electrons. The third kappa shape index (κ3) is 3.20. The number of β-amino-alcohol motifs (C(OH)–C–C–N with tert-alkyl or cyclic N) is 1. The number of carbonyl (C=O) groups excluding carboxylic acids is 1. The minimum atomic E-state index is -0.407. The van der Waals surface area contributed by atoms with Crippen molar-refractivity contribution in [2.45, 2.75) is 39.2 Å². The average molecular weight is 265 g/mol. The maximum atomic E-state index is 11.9. The molecule has 1 aromatic heterocycles. The number of nitrogens with one attached hydrogen (secondary N) is 1. The lowest BCUT2D eigenvalue weighted by molar-refractivity contribution is -0.130. The third-order valence-corrected chi connectivity index (χ3v) is 3.45. The molecule has 1 fully saturated rings. The summed E-state index contributed by atoms with van der Waals surface area (Å²) in [6.07, 6.45) is 0.897. The number of nitrogens with zero attached hydrogens (tertiary/aromatic N) is 2. The molecule has 1 atom stereocenters. The SMILES string of the molecule is Cc1nc(C)c(CCC(=O)N2CC[C@@H](O)C2)c(=O)[nH]1. The zero-order valence-corrected chi connectivity index (χ0v) is 11.3. The Kier molecular flexibility index (Phi) is 3.99. The number of hydrogen-bond acceptors (Lipinski definition) is 4. The maximum absolute atomic E-state index is 11.9. The topological polar surface area (TPSA) is 86.3 Å². The Morgan fingerprint density at radius 2 is 2.26 bits per heavy atom. The second-order valence-corrected chi connectivity index (χ2v) is 5.00. The molecule has 2 rings (SSSR count). The number of likely N-dealkylation sites (tertiary alicyclic amines) is 1. The van der Waals surface area contributed by atoms with Crippen LogP contribution < -0.4 is 5.56 Å². The van der Waals surface area contributed by atoms with Crippen molar-refractivity contribution in [3.63, 3.8) is 0 Å². The highest BCUT2D eigenvalue weighted by Gasteiger charge is 2.24. The van der Waals surface area contributed by atoms with Crippen molar-refractivity contribution in [2.75, 3.05) is 13.1 Å². The van der Waals surface area contributed by atoms with E-state index in [-0.39, 0.29) is 17.9 Å². The second kappa shape index (κ2) is 5.52. The van der Waals surface area contributed by atoms with Gasteiger partial charge in [-0.05, 0) is 26.7 Å². The molecule has 1 aliphatic heterocycles. The van der Waals surface area contributed by atoms with E-state index in [0.29, 0.717) is 43.0 Å². The molecule has 0 bridgehead atoms. The van der Waals surface area contributed by atoms with Crippen molar-refractivity contribution < 1.29 is 9.90 Å². The first-order valence-corrected chi connectivity index (χ1v) is 6.49.